The Bertz CT molecular complexity index is 1070. The van der Waals surface area contributed by atoms with Crippen molar-refractivity contribution < 1.29 is 18.3 Å². The van der Waals surface area contributed by atoms with E-state index >= 15 is 0 Å². The maximum Gasteiger partial charge on any atom is 0.279 e. The Morgan fingerprint density at radius 1 is 1.17 bits per heavy atom. The average Bonchev–Trinajstić information content (AvgIpc) is 3.04. The Kier molecular flexibility index (Phi) is 6.76. The van der Waals surface area contributed by atoms with E-state index in [4.69, 9.17) is 4.74 Å². The molecule has 0 atom stereocenters. The van der Waals surface area contributed by atoms with Gasteiger partial charge < -0.3 is 14.2 Å². The molecule has 0 unspecified atom stereocenters. The van der Waals surface area contributed by atoms with Gasteiger partial charge in [0.05, 0.1) is 16.8 Å². The fourth-order valence-corrected chi connectivity index (χ4v) is 4.25. The molecule has 1 amide bonds. The molecule has 0 N–H and O–H groups in total. The number of thiazole rings is 1. The number of carbonyl (C=O) groups excluding carboxylic acids is 1. The molecule has 0 saturated heterocycles. The van der Waals surface area contributed by atoms with Gasteiger partial charge in [0.2, 0.25) is 0 Å². The molecule has 2 aromatic carbocycles. The third kappa shape index (κ3) is 4.54. The minimum atomic E-state index is -0.690. The maximum atomic E-state index is 14.4. The molecular formula is C21H23F2N3O2S. The Hall–Kier alpha value is -2.58. The van der Waals surface area contributed by atoms with Crippen LogP contribution in [-0.4, -0.2) is 37.3 Å². The summed E-state index contributed by atoms with van der Waals surface area (Å²) in [7, 11) is 1.53. The number of hydrogen-bond acceptors (Lipinski definition) is 4. The number of hydrogen-bond donors (Lipinski definition) is 0. The molecule has 0 saturated carbocycles. The second-order valence-electron chi connectivity index (χ2n) is 6.40. The number of amides is 1. The van der Waals surface area contributed by atoms with Crippen LogP contribution in [-0.2, 0) is 11.3 Å². The van der Waals surface area contributed by atoms with Gasteiger partial charge in [-0.1, -0.05) is 11.3 Å². The first kappa shape index (κ1) is 21.1. The van der Waals surface area contributed by atoms with Crippen molar-refractivity contribution >= 4 is 33.1 Å². The average molecular weight is 419 g/mol. The number of rotatable bonds is 7. The summed E-state index contributed by atoms with van der Waals surface area (Å²) in [6, 6.07) is 9.30. The molecule has 3 aromatic rings. The largest absolute Gasteiger partial charge is 0.383 e. The molecule has 8 heteroatoms. The predicted molar refractivity (Wildman–Crippen MR) is 112 cm³/mol. The quantitative estimate of drug-likeness (QED) is 0.576. The van der Waals surface area contributed by atoms with Gasteiger partial charge in [0.1, 0.15) is 5.82 Å². The number of anilines is 1. The number of ether oxygens (including phenoxy) is 1. The van der Waals surface area contributed by atoms with Crippen molar-refractivity contribution in [1.82, 2.24) is 4.57 Å². The van der Waals surface area contributed by atoms with Crippen LogP contribution in [0.15, 0.2) is 41.4 Å². The second kappa shape index (κ2) is 9.28. The summed E-state index contributed by atoms with van der Waals surface area (Å²) >= 11 is 1.07. The van der Waals surface area contributed by atoms with Crippen molar-refractivity contribution in [3.63, 3.8) is 0 Å². The van der Waals surface area contributed by atoms with E-state index in [1.807, 2.05) is 12.1 Å². The van der Waals surface area contributed by atoms with Crippen LogP contribution in [0.5, 0.6) is 0 Å². The molecule has 5 nitrogen and oxygen atoms in total. The van der Waals surface area contributed by atoms with E-state index in [1.165, 1.54) is 13.2 Å². The first-order chi connectivity index (χ1) is 14.0. The highest BCUT2D eigenvalue weighted by Gasteiger charge is 2.14. The molecule has 29 heavy (non-hydrogen) atoms. The Labute approximate surface area is 171 Å². The van der Waals surface area contributed by atoms with Gasteiger partial charge in [0.25, 0.3) is 5.91 Å². The van der Waals surface area contributed by atoms with Crippen LogP contribution < -0.4 is 9.70 Å². The third-order valence-electron chi connectivity index (χ3n) is 4.65. The number of aromatic nitrogens is 1. The van der Waals surface area contributed by atoms with Crippen LogP contribution in [0.1, 0.15) is 24.2 Å². The molecule has 154 valence electrons. The highest BCUT2D eigenvalue weighted by Crippen LogP contribution is 2.22. The first-order valence-corrected chi connectivity index (χ1v) is 10.2. The maximum absolute atomic E-state index is 14.4. The molecule has 1 aromatic heterocycles. The van der Waals surface area contributed by atoms with Crippen LogP contribution >= 0.6 is 11.3 Å². The van der Waals surface area contributed by atoms with Crippen LogP contribution in [0.4, 0.5) is 14.5 Å². The van der Waals surface area contributed by atoms with E-state index in [0.29, 0.717) is 28.2 Å². The zero-order chi connectivity index (χ0) is 21.0. The van der Waals surface area contributed by atoms with Crippen LogP contribution in [0, 0.1) is 11.6 Å². The van der Waals surface area contributed by atoms with Crippen molar-refractivity contribution in [3.8, 4) is 0 Å². The van der Waals surface area contributed by atoms with Crippen molar-refractivity contribution in [2.24, 2.45) is 4.99 Å². The summed E-state index contributed by atoms with van der Waals surface area (Å²) in [6.45, 7) is 6.49. The standard InChI is InChI=1S/C21H23F2N3O2S/c1-4-25(5-2)16-8-6-14(7-9-16)20(27)24-21-26(10-11-28-3)19-17(23)12-15(22)13-18(19)29-21/h6-9,12-13H,4-5,10-11H2,1-3H3. The molecule has 0 aliphatic rings. The van der Waals surface area contributed by atoms with E-state index < -0.39 is 17.5 Å². The highest BCUT2D eigenvalue weighted by atomic mass is 32.1. The van der Waals surface area contributed by atoms with Gasteiger partial charge >= 0.3 is 0 Å². The lowest BCUT2D eigenvalue weighted by molar-refractivity contribution is 0.0997. The summed E-state index contributed by atoms with van der Waals surface area (Å²) in [6.07, 6.45) is 0. The SMILES string of the molecule is CCN(CC)c1ccc(C(=O)N=c2sc3cc(F)cc(F)c3n2CCOC)cc1. The number of benzene rings is 2. The lowest BCUT2D eigenvalue weighted by Gasteiger charge is -2.20. The van der Waals surface area contributed by atoms with Crippen LogP contribution in [0.2, 0.25) is 0 Å². The van der Waals surface area contributed by atoms with Gasteiger partial charge in [-0.15, -0.1) is 0 Å². The Morgan fingerprint density at radius 2 is 1.86 bits per heavy atom. The Balaban J connectivity index is 2.02. The van der Waals surface area contributed by atoms with Crippen molar-refractivity contribution in [2.45, 2.75) is 20.4 Å². The Morgan fingerprint density at radius 3 is 2.48 bits per heavy atom. The molecule has 0 aliphatic carbocycles. The molecule has 1 heterocycles. The monoisotopic (exact) mass is 419 g/mol. The molecule has 0 fully saturated rings. The van der Waals surface area contributed by atoms with Gasteiger partial charge in [0.15, 0.2) is 10.6 Å². The molecule has 0 spiro atoms. The summed E-state index contributed by atoms with van der Waals surface area (Å²) in [5.41, 5.74) is 1.68. The van der Waals surface area contributed by atoms with E-state index in [0.717, 1.165) is 36.2 Å². The zero-order valence-corrected chi connectivity index (χ0v) is 17.4. The number of methoxy groups -OCH3 is 1. The second-order valence-corrected chi connectivity index (χ2v) is 7.41. The number of carbonyl (C=O) groups is 1. The summed E-state index contributed by atoms with van der Waals surface area (Å²) in [5, 5.41) is 0. The van der Waals surface area contributed by atoms with E-state index in [-0.39, 0.29) is 5.52 Å². The van der Waals surface area contributed by atoms with Crippen LogP contribution in [0.25, 0.3) is 10.2 Å². The van der Waals surface area contributed by atoms with Crippen LogP contribution in [0.3, 0.4) is 0 Å². The molecule has 3 rings (SSSR count). The molecule has 0 aliphatic heterocycles. The third-order valence-corrected chi connectivity index (χ3v) is 5.68. The van der Waals surface area contributed by atoms with Crippen molar-refractivity contribution in [3.05, 3.63) is 58.4 Å². The van der Waals surface area contributed by atoms with Gasteiger partial charge in [-0.25, -0.2) is 8.78 Å². The summed E-state index contributed by atoms with van der Waals surface area (Å²) in [5.74, 6) is -1.79. The van der Waals surface area contributed by atoms with E-state index in [2.05, 4.69) is 23.7 Å². The predicted octanol–water partition coefficient (Wildman–Crippen LogP) is 4.21. The highest BCUT2D eigenvalue weighted by molar-refractivity contribution is 7.16. The lowest BCUT2D eigenvalue weighted by atomic mass is 10.2. The number of nitrogens with zero attached hydrogens (tertiary/aromatic N) is 3. The van der Waals surface area contributed by atoms with Crippen molar-refractivity contribution in [1.29, 1.82) is 0 Å². The number of halogens is 2. The van der Waals surface area contributed by atoms with Crippen molar-refractivity contribution in [2.75, 3.05) is 31.7 Å². The minimum Gasteiger partial charge on any atom is -0.383 e. The first-order valence-electron chi connectivity index (χ1n) is 9.39. The van der Waals surface area contributed by atoms with Gasteiger partial charge in [0, 0.05) is 44.1 Å². The summed E-state index contributed by atoms with van der Waals surface area (Å²) < 4.78 is 35.0. The van der Waals surface area contributed by atoms with E-state index in [1.54, 1.807) is 16.7 Å². The van der Waals surface area contributed by atoms with E-state index in [9.17, 15) is 13.6 Å². The normalized spacial score (nSPS) is 12.0. The minimum absolute atomic E-state index is 0.219. The molecule has 0 radical (unpaired) electrons. The number of fused-ring (bicyclic) bond motifs is 1. The van der Waals surface area contributed by atoms with Gasteiger partial charge in [-0.3, -0.25) is 4.79 Å². The smallest absolute Gasteiger partial charge is 0.279 e. The lowest BCUT2D eigenvalue weighted by Crippen LogP contribution is -2.22. The fraction of sp³-hybridized carbons (Fsp3) is 0.333. The van der Waals surface area contributed by atoms with Gasteiger partial charge in [-0.2, -0.15) is 4.99 Å². The summed E-state index contributed by atoms with van der Waals surface area (Å²) in [4.78, 5) is 19.4. The zero-order valence-electron chi connectivity index (χ0n) is 16.6. The molecular weight excluding hydrogens is 396 g/mol. The topological polar surface area (TPSA) is 46.8 Å². The molecule has 0 bridgehead atoms. The van der Waals surface area contributed by atoms with Gasteiger partial charge in [-0.05, 0) is 44.2 Å². The fourth-order valence-electron chi connectivity index (χ4n) is 3.16.